The molecule has 0 saturated carbocycles. The third-order valence-corrected chi connectivity index (χ3v) is 6.65. The Morgan fingerprint density at radius 1 is 1.04 bits per heavy atom. The number of hydrogen-bond acceptors (Lipinski definition) is 7. The van der Waals surface area contributed by atoms with E-state index in [9.17, 15) is 18.0 Å². The number of urea groups is 1. The third-order valence-electron chi connectivity index (χ3n) is 6.53. The summed E-state index contributed by atoms with van der Waals surface area (Å²) in [6, 6.07) is 19.0. The Morgan fingerprint density at radius 2 is 1.78 bits per heavy atom. The lowest BCUT2D eigenvalue weighted by atomic mass is 10.0. The third kappa shape index (κ3) is 11.4. The zero-order valence-electron chi connectivity index (χ0n) is 25.5. The highest BCUT2D eigenvalue weighted by Gasteiger charge is 2.31. The summed E-state index contributed by atoms with van der Waals surface area (Å²) >= 11 is 4.55. The first kappa shape index (κ1) is 34.8. The van der Waals surface area contributed by atoms with Crippen molar-refractivity contribution in [2.45, 2.75) is 45.4 Å². The molecule has 1 heterocycles. The van der Waals surface area contributed by atoms with Gasteiger partial charge in [0.1, 0.15) is 17.8 Å². The zero-order valence-corrected chi connectivity index (χ0v) is 26.3. The van der Waals surface area contributed by atoms with Gasteiger partial charge < -0.3 is 25.4 Å². The second kappa shape index (κ2) is 17.0. The maximum Gasteiger partial charge on any atom is 0.573 e. The maximum absolute atomic E-state index is 12.3. The number of benzene rings is 3. The Balaban J connectivity index is 0.000000355. The van der Waals surface area contributed by atoms with Gasteiger partial charge in [0.25, 0.3) is 0 Å². The molecule has 3 N–H and O–H groups in total. The van der Waals surface area contributed by atoms with Gasteiger partial charge in [-0.05, 0) is 72.7 Å². The Hall–Kier alpha value is -4.65. The van der Waals surface area contributed by atoms with Crippen LogP contribution in [0.5, 0.6) is 11.5 Å². The lowest BCUT2D eigenvalue weighted by Crippen LogP contribution is -2.34. The van der Waals surface area contributed by atoms with Crippen molar-refractivity contribution in [2.24, 2.45) is 0 Å². The molecule has 3 aromatic carbocycles. The van der Waals surface area contributed by atoms with Crippen LogP contribution < -0.4 is 25.4 Å². The number of hydrogen-bond donors (Lipinski definition) is 3. The van der Waals surface area contributed by atoms with Gasteiger partial charge in [-0.25, -0.2) is 14.5 Å². The molecular weight excluding hydrogens is 605 g/mol. The van der Waals surface area contributed by atoms with Crippen molar-refractivity contribution in [1.29, 1.82) is 0 Å². The molecule has 4 aromatic rings. The number of alkyl halides is 3. The van der Waals surface area contributed by atoms with E-state index in [0.717, 1.165) is 47.3 Å². The summed E-state index contributed by atoms with van der Waals surface area (Å²) in [7, 11) is 3.62. The van der Waals surface area contributed by atoms with Gasteiger partial charge in [-0.1, -0.05) is 50.3 Å². The van der Waals surface area contributed by atoms with Gasteiger partial charge in [-0.3, -0.25) is 0 Å². The molecule has 45 heavy (non-hydrogen) atoms. The lowest BCUT2D eigenvalue weighted by Gasteiger charge is -2.13. The number of methoxy groups -OCH3 is 1. The molecule has 2 amide bonds. The lowest BCUT2D eigenvalue weighted by molar-refractivity contribution is -0.274. The van der Waals surface area contributed by atoms with Gasteiger partial charge in [0, 0.05) is 30.9 Å². The van der Waals surface area contributed by atoms with E-state index < -0.39 is 6.36 Å². The number of ether oxygens (including phenoxy) is 2. The topological polar surface area (TPSA) is 102 Å². The molecular formula is C32H37F3N6O3S. The quantitative estimate of drug-likeness (QED) is 0.110. The van der Waals surface area contributed by atoms with Gasteiger partial charge in [-0.2, -0.15) is 0 Å². The number of unbranched alkanes of at least 4 members (excludes halogenated alkanes) is 1. The first-order valence-corrected chi connectivity index (χ1v) is 14.7. The molecule has 13 heteroatoms. The molecule has 1 aromatic heterocycles. The minimum absolute atomic E-state index is 0.302. The number of rotatable bonds is 12. The number of amides is 2. The van der Waals surface area contributed by atoms with Crippen molar-refractivity contribution in [2.75, 3.05) is 26.0 Å². The van der Waals surface area contributed by atoms with Crippen LogP contribution in [0.25, 0.3) is 17.1 Å². The largest absolute Gasteiger partial charge is 0.573 e. The molecule has 0 atom stereocenters. The molecule has 0 bridgehead atoms. The van der Waals surface area contributed by atoms with Crippen LogP contribution in [0.4, 0.5) is 23.7 Å². The van der Waals surface area contributed by atoms with Crippen molar-refractivity contribution in [3.8, 4) is 28.6 Å². The number of aromatic nitrogens is 3. The SMILES string of the molecule is CNc1cc(OC)ccc1C(C)C.O=C(NC=S)NCCCCc1cccc(-c2ncn(-c3ccc(OC(F)(F)F)cc3)n2)c1. The minimum atomic E-state index is -4.73. The second-order valence-corrected chi connectivity index (χ2v) is 10.3. The second-order valence-electron chi connectivity index (χ2n) is 10.1. The molecule has 0 spiro atoms. The van der Waals surface area contributed by atoms with Crippen molar-refractivity contribution >= 4 is 29.4 Å². The number of carbonyl (C=O) groups is 1. The summed E-state index contributed by atoms with van der Waals surface area (Å²) in [5.74, 6) is 1.63. The number of nitrogens with one attached hydrogen (secondary N) is 3. The Bertz CT molecular complexity index is 1530. The highest BCUT2D eigenvalue weighted by atomic mass is 32.1. The molecule has 4 rings (SSSR count). The standard InChI is InChI=1S/C21H20F3N5O2S.C11H17NO/c22-21(23,24)31-18-9-7-17(8-10-18)29-13-26-19(28-29)16-6-3-5-15(12-16)4-1-2-11-25-20(30)27-14-32;1-8(2)10-6-5-9(13-4)7-11(10)12-3/h3,5-10,12-14H,1-2,4,11H2,(H2,25,27,30,32);5-8,12H,1-4H3. The van der Waals surface area contributed by atoms with Crippen molar-refractivity contribution in [1.82, 2.24) is 25.4 Å². The minimum Gasteiger partial charge on any atom is -0.497 e. The van der Waals surface area contributed by atoms with Crippen LogP contribution >= 0.6 is 12.2 Å². The van der Waals surface area contributed by atoms with Gasteiger partial charge in [0.2, 0.25) is 0 Å². The maximum atomic E-state index is 12.3. The van der Waals surface area contributed by atoms with Gasteiger partial charge in [-0.15, -0.1) is 18.3 Å². The molecule has 0 unspecified atom stereocenters. The number of carbonyl (C=O) groups excluding carboxylic acids is 1. The van der Waals surface area contributed by atoms with Crippen molar-refractivity contribution < 1.29 is 27.4 Å². The van der Waals surface area contributed by atoms with Crippen LogP contribution in [-0.2, 0) is 6.42 Å². The van der Waals surface area contributed by atoms with Gasteiger partial charge in [0.05, 0.1) is 18.3 Å². The summed E-state index contributed by atoms with van der Waals surface area (Å²) in [5.41, 5.74) is 6.12. The predicted octanol–water partition coefficient (Wildman–Crippen LogP) is 7.27. The number of halogens is 3. The van der Waals surface area contributed by atoms with Gasteiger partial charge in [0.15, 0.2) is 5.82 Å². The fraction of sp³-hybridized carbons (Fsp3) is 0.312. The normalized spacial score (nSPS) is 10.8. The molecule has 0 radical (unpaired) electrons. The first-order valence-electron chi connectivity index (χ1n) is 14.2. The van der Waals surface area contributed by atoms with Crippen molar-refractivity contribution in [3.05, 3.63) is 84.2 Å². The number of nitrogens with zero attached hydrogens (tertiary/aromatic N) is 3. The Labute approximate surface area is 266 Å². The molecule has 0 saturated heterocycles. The van der Waals surface area contributed by atoms with Crippen LogP contribution in [0.15, 0.2) is 73.1 Å². The summed E-state index contributed by atoms with van der Waals surface area (Å²) in [6.07, 6.45) is -0.710. The summed E-state index contributed by atoms with van der Waals surface area (Å²) < 4.78 is 47.4. The first-order chi connectivity index (χ1) is 21.5. The molecule has 9 nitrogen and oxygen atoms in total. The fourth-order valence-electron chi connectivity index (χ4n) is 4.33. The molecule has 0 aliphatic rings. The van der Waals surface area contributed by atoms with E-state index in [1.54, 1.807) is 7.11 Å². The fourth-order valence-corrected chi connectivity index (χ4v) is 4.44. The average Bonchev–Trinajstić information content (AvgIpc) is 3.51. The van der Waals surface area contributed by atoms with Crippen LogP contribution in [0.2, 0.25) is 0 Å². The van der Waals surface area contributed by atoms with E-state index in [1.807, 2.05) is 43.4 Å². The average molecular weight is 643 g/mol. The van der Waals surface area contributed by atoms with Crippen LogP contribution in [0.3, 0.4) is 0 Å². The molecule has 240 valence electrons. The Morgan fingerprint density at radius 3 is 2.42 bits per heavy atom. The summed E-state index contributed by atoms with van der Waals surface area (Å²) in [5, 5.41) is 12.7. The smallest absolute Gasteiger partial charge is 0.497 e. The van der Waals surface area contributed by atoms with Gasteiger partial charge >= 0.3 is 12.4 Å². The zero-order chi connectivity index (χ0) is 32.8. The van der Waals surface area contributed by atoms with E-state index in [-0.39, 0.29) is 11.8 Å². The van der Waals surface area contributed by atoms with E-state index in [2.05, 4.69) is 62.9 Å². The van der Waals surface area contributed by atoms with Crippen LogP contribution in [-0.4, -0.2) is 53.4 Å². The monoisotopic (exact) mass is 642 g/mol. The predicted molar refractivity (Wildman–Crippen MR) is 173 cm³/mol. The number of aryl methyl sites for hydroxylation is 1. The van der Waals surface area contributed by atoms with Crippen LogP contribution in [0.1, 0.15) is 43.7 Å². The van der Waals surface area contributed by atoms with E-state index in [4.69, 9.17) is 4.74 Å². The number of thiocarbonyl (C=S) groups is 1. The van der Waals surface area contributed by atoms with E-state index in [1.165, 1.54) is 40.8 Å². The van der Waals surface area contributed by atoms with E-state index in [0.29, 0.717) is 24.0 Å². The summed E-state index contributed by atoms with van der Waals surface area (Å²) in [4.78, 5) is 15.6. The highest BCUT2D eigenvalue weighted by molar-refractivity contribution is 7.78. The van der Waals surface area contributed by atoms with E-state index >= 15 is 0 Å². The highest BCUT2D eigenvalue weighted by Crippen LogP contribution is 2.28. The van der Waals surface area contributed by atoms with Crippen LogP contribution in [0, 0.1) is 0 Å². The molecule has 0 aliphatic carbocycles. The molecule has 0 aliphatic heterocycles. The Kier molecular flexibility index (Phi) is 13.2. The summed E-state index contributed by atoms with van der Waals surface area (Å²) in [6.45, 7) is 4.92. The molecule has 0 fully saturated rings. The van der Waals surface area contributed by atoms with Crippen molar-refractivity contribution in [3.63, 3.8) is 0 Å². The number of anilines is 1.